The summed E-state index contributed by atoms with van der Waals surface area (Å²) in [5.41, 5.74) is 1.43. The van der Waals surface area contributed by atoms with Crippen molar-refractivity contribution in [2.75, 3.05) is 0 Å². The molecule has 2 aliphatic rings. The van der Waals surface area contributed by atoms with Crippen LogP contribution in [0, 0.1) is 28.6 Å². The summed E-state index contributed by atoms with van der Waals surface area (Å²) in [6.45, 7) is 4.57. The fourth-order valence-corrected chi connectivity index (χ4v) is 5.08. The first-order valence-electron chi connectivity index (χ1n) is 11.3. The quantitative estimate of drug-likeness (QED) is 0.291. The molecule has 1 atom stereocenters. The number of rotatable bonds is 10. The molecule has 1 nitrogen and oxygen atoms in total. The van der Waals surface area contributed by atoms with Crippen molar-refractivity contribution < 1.29 is 0 Å². The van der Waals surface area contributed by atoms with Gasteiger partial charge in [-0.15, -0.1) is 0 Å². The molecule has 1 heteroatoms. The lowest BCUT2D eigenvalue weighted by molar-refractivity contribution is 0.222. The molecule has 0 saturated heterocycles. The Labute approximate surface area is 157 Å². The Hall–Kier alpha value is -0.770. The van der Waals surface area contributed by atoms with Crippen LogP contribution in [0.25, 0.3) is 0 Å². The van der Waals surface area contributed by atoms with Gasteiger partial charge in [-0.1, -0.05) is 83.3 Å². The first-order valence-corrected chi connectivity index (χ1v) is 11.3. The van der Waals surface area contributed by atoms with Gasteiger partial charge < -0.3 is 0 Å². The molecular weight excluding hydrogens is 302 g/mol. The summed E-state index contributed by atoms with van der Waals surface area (Å²) in [6, 6.07) is 2.78. The van der Waals surface area contributed by atoms with Crippen molar-refractivity contribution >= 4 is 0 Å². The second-order valence-electron chi connectivity index (χ2n) is 8.85. The van der Waals surface area contributed by atoms with Crippen LogP contribution in [0.2, 0.25) is 0 Å². The van der Waals surface area contributed by atoms with Crippen molar-refractivity contribution in [2.45, 2.75) is 117 Å². The number of allylic oxidation sites excluding steroid dienone is 2. The maximum atomic E-state index is 9.96. The molecule has 0 bridgehead atoms. The minimum absolute atomic E-state index is 0.0885. The lowest BCUT2D eigenvalue weighted by Gasteiger charge is -2.39. The van der Waals surface area contributed by atoms with Crippen LogP contribution >= 0.6 is 0 Å². The first kappa shape index (κ1) is 20.5. The molecule has 0 N–H and O–H groups in total. The van der Waals surface area contributed by atoms with Gasteiger partial charge in [-0.05, 0) is 56.8 Å². The van der Waals surface area contributed by atoms with Gasteiger partial charge in [0.2, 0.25) is 0 Å². The zero-order valence-electron chi connectivity index (χ0n) is 17.0. The zero-order valence-corrected chi connectivity index (χ0v) is 17.0. The summed E-state index contributed by atoms with van der Waals surface area (Å²) in [6.07, 6.45) is 23.6. The monoisotopic (exact) mass is 343 g/mol. The van der Waals surface area contributed by atoms with Crippen LogP contribution in [0.1, 0.15) is 117 Å². The third kappa shape index (κ3) is 6.16. The topological polar surface area (TPSA) is 23.8 Å². The maximum Gasteiger partial charge on any atom is 0.0782 e. The summed E-state index contributed by atoms with van der Waals surface area (Å²) in [4.78, 5) is 0. The van der Waals surface area contributed by atoms with Crippen LogP contribution in [-0.2, 0) is 0 Å². The van der Waals surface area contributed by atoms with E-state index in [1.165, 1.54) is 95.5 Å². The standard InChI is InChI=1S/C24H41N/c1-3-5-7-8-9-11-21-12-14-23(15-13-21)24(20-25)18-16-22(17-19-24)10-6-4-2/h14,21-22H,3-13,15-19H2,1-2H3. The molecule has 25 heavy (non-hydrogen) atoms. The van der Waals surface area contributed by atoms with Gasteiger partial charge in [0.05, 0.1) is 11.5 Å². The Morgan fingerprint density at radius 1 is 0.920 bits per heavy atom. The van der Waals surface area contributed by atoms with Gasteiger partial charge in [-0.2, -0.15) is 5.26 Å². The number of nitriles is 1. The van der Waals surface area contributed by atoms with E-state index in [9.17, 15) is 5.26 Å². The van der Waals surface area contributed by atoms with E-state index in [1.54, 1.807) is 0 Å². The van der Waals surface area contributed by atoms with Crippen molar-refractivity contribution in [3.05, 3.63) is 11.6 Å². The molecule has 0 aromatic rings. The average molecular weight is 344 g/mol. The normalized spacial score (nSPS) is 29.9. The van der Waals surface area contributed by atoms with Gasteiger partial charge in [0, 0.05) is 0 Å². The molecule has 0 amide bonds. The minimum atomic E-state index is -0.0885. The minimum Gasteiger partial charge on any atom is -0.197 e. The molecular formula is C24H41N. The van der Waals surface area contributed by atoms with Crippen LogP contribution < -0.4 is 0 Å². The van der Waals surface area contributed by atoms with E-state index in [1.807, 2.05) is 0 Å². The Balaban J connectivity index is 1.78. The van der Waals surface area contributed by atoms with Crippen molar-refractivity contribution in [3.8, 4) is 6.07 Å². The molecule has 2 rings (SSSR count). The predicted octanol–water partition coefficient (Wildman–Crippen LogP) is 7.96. The van der Waals surface area contributed by atoms with E-state index < -0.39 is 0 Å². The number of hydrogen-bond acceptors (Lipinski definition) is 1. The SMILES string of the molecule is CCCCCCCC1CC=C(C2(C#N)CCC(CCCC)CC2)CC1. The van der Waals surface area contributed by atoms with E-state index in [2.05, 4.69) is 26.0 Å². The van der Waals surface area contributed by atoms with Crippen molar-refractivity contribution in [1.29, 1.82) is 5.26 Å². The molecule has 142 valence electrons. The van der Waals surface area contributed by atoms with Crippen molar-refractivity contribution in [3.63, 3.8) is 0 Å². The Morgan fingerprint density at radius 2 is 1.60 bits per heavy atom. The highest BCUT2D eigenvalue weighted by Crippen LogP contribution is 2.48. The molecule has 0 aromatic heterocycles. The third-order valence-corrected chi connectivity index (χ3v) is 6.99. The Morgan fingerprint density at radius 3 is 2.20 bits per heavy atom. The highest BCUT2D eigenvalue weighted by atomic mass is 14.4. The highest BCUT2D eigenvalue weighted by Gasteiger charge is 2.39. The zero-order chi connectivity index (χ0) is 18.0. The largest absolute Gasteiger partial charge is 0.197 e. The molecule has 0 spiro atoms. The van der Waals surface area contributed by atoms with Crippen LogP contribution in [0.3, 0.4) is 0 Å². The summed E-state index contributed by atoms with van der Waals surface area (Å²) >= 11 is 0. The fraction of sp³-hybridized carbons (Fsp3) is 0.875. The van der Waals surface area contributed by atoms with Crippen molar-refractivity contribution in [1.82, 2.24) is 0 Å². The van der Waals surface area contributed by atoms with Crippen LogP contribution in [0.4, 0.5) is 0 Å². The van der Waals surface area contributed by atoms with E-state index in [4.69, 9.17) is 0 Å². The van der Waals surface area contributed by atoms with Gasteiger partial charge in [0.1, 0.15) is 0 Å². The van der Waals surface area contributed by atoms with Gasteiger partial charge >= 0.3 is 0 Å². The Bertz CT molecular complexity index is 434. The van der Waals surface area contributed by atoms with Crippen LogP contribution in [0.5, 0.6) is 0 Å². The second-order valence-corrected chi connectivity index (χ2v) is 8.85. The van der Waals surface area contributed by atoms with E-state index in [0.717, 1.165) is 24.7 Å². The van der Waals surface area contributed by atoms with Crippen LogP contribution in [0.15, 0.2) is 11.6 Å². The van der Waals surface area contributed by atoms with Crippen molar-refractivity contribution in [2.24, 2.45) is 17.3 Å². The van der Waals surface area contributed by atoms with Gasteiger partial charge in [-0.25, -0.2) is 0 Å². The Kier molecular flexibility index (Phi) is 9.08. The first-order chi connectivity index (χ1) is 12.2. The summed E-state index contributed by atoms with van der Waals surface area (Å²) in [7, 11) is 0. The second kappa shape index (κ2) is 11.1. The lowest BCUT2D eigenvalue weighted by atomic mass is 9.64. The summed E-state index contributed by atoms with van der Waals surface area (Å²) in [5.74, 6) is 1.78. The third-order valence-electron chi connectivity index (χ3n) is 6.99. The number of hydrogen-bond donors (Lipinski definition) is 0. The summed E-state index contributed by atoms with van der Waals surface area (Å²) in [5, 5.41) is 9.96. The number of nitrogens with zero attached hydrogens (tertiary/aromatic N) is 1. The van der Waals surface area contributed by atoms with Gasteiger partial charge in [0.25, 0.3) is 0 Å². The van der Waals surface area contributed by atoms with E-state index >= 15 is 0 Å². The maximum absolute atomic E-state index is 9.96. The lowest BCUT2D eigenvalue weighted by Crippen LogP contribution is -2.29. The fourth-order valence-electron chi connectivity index (χ4n) is 5.08. The smallest absolute Gasteiger partial charge is 0.0782 e. The number of unbranched alkanes of at least 4 members (excludes halogenated alkanes) is 5. The highest BCUT2D eigenvalue weighted by molar-refractivity contribution is 5.26. The average Bonchev–Trinajstić information content (AvgIpc) is 2.67. The molecule has 0 aliphatic heterocycles. The van der Waals surface area contributed by atoms with E-state index in [-0.39, 0.29) is 5.41 Å². The predicted molar refractivity (Wildman–Crippen MR) is 108 cm³/mol. The molecule has 1 fully saturated rings. The molecule has 1 unspecified atom stereocenters. The van der Waals surface area contributed by atoms with Gasteiger partial charge in [-0.3, -0.25) is 0 Å². The molecule has 0 radical (unpaired) electrons. The molecule has 2 aliphatic carbocycles. The molecule has 0 aromatic carbocycles. The molecule has 0 heterocycles. The van der Waals surface area contributed by atoms with Crippen LogP contribution in [-0.4, -0.2) is 0 Å². The van der Waals surface area contributed by atoms with E-state index in [0.29, 0.717) is 0 Å². The summed E-state index contributed by atoms with van der Waals surface area (Å²) < 4.78 is 0. The molecule has 1 saturated carbocycles. The van der Waals surface area contributed by atoms with Gasteiger partial charge in [0.15, 0.2) is 0 Å².